The second kappa shape index (κ2) is 7.59. The number of hydrogen-bond donors (Lipinski definition) is 1. The molecule has 2 heterocycles. The minimum absolute atomic E-state index is 0.221. The van der Waals surface area contributed by atoms with Crippen molar-refractivity contribution in [2.45, 2.75) is 37.5 Å². The number of halogens is 1. The average Bonchev–Trinajstić information content (AvgIpc) is 3.47. The number of hydrogen-bond acceptors (Lipinski definition) is 3. The van der Waals surface area contributed by atoms with Crippen LogP contribution in [0.2, 0.25) is 0 Å². The zero-order valence-electron chi connectivity index (χ0n) is 16.9. The van der Waals surface area contributed by atoms with E-state index in [1.807, 2.05) is 48.5 Å². The Labute approximate surface area is 175 Å². The van der Waals surface area contributed by atoms with Crippen LogP contribution < -0.4 is 5.73 Å². The van der Waals surface area contributed by atoms with Crippen LogP contribution in [-0.4, -0.2) is 29.1 Å². The van der Waals surface area contributed by atoms with Crippen molar-refractivity contribution in [1.29, 1.82) is 0 Å². The van der Waals surface area contributed by atoms with Gasteiger partial charge in [-0.1, -0.05) is 47.6 Å². The molecule has 30 heavy (non-hydrogen) atoms. The van der Waals surface area contributed by atoms with Crippen molar-refractivity contribution in [3.8, 4) is 11.1 Å². The maximum atomic E-state index is 14.9. The van der Waals surface area contributed by atoms with Crippen LogP contribution in [0, 0.1) is 5.82 Å². The van der Waals surface area contributed by atoms with E-state index in [9.17, 15) is 4.39 Å². The van der Waals surface area contributed by atoms with E-state index in [2.05, 4.69) is 15.0 Å². The fourth-order valence-electron chi connectivity index (χ4n) is 4.33. The summed E-state index contributed by atoms with van der Waals surface area (Å²) in [6.07, 6.45) is 5.32. The first-order valence-electron chi connectivity index (χ1n) is 10.6. The van der Waals surface area contributed by atoms with E-state index in [-0.39, 0.29) is 11.2 Å². The molecule has 0 amide bonds. The number of nitrogens with zero attached hydrogens (tertiary/aromatic N) is 3. The van der Waals surface area contributed by atoms with Crippen molar-refractivity contribution < 1.29 is 8.91 Å². The smallest absolute Gasteiger partial charge is 0.253 e. The molecule has 0 spiro atoms. The van der Waals surface area contributed by atoms with Gasteiger partial charge in [-0.2, -0.15) is 4.99 Å². The largest absolute Gasteiger partial charge is 0.369 e. The van der Waals surface area contributed by atoms with Crippen LogP contribution in [-0.2, 0) is 5.41 Å². The lowest BCUT2D eigenvalue weighted by Gasteiger charge is -2.27. The number of piperidine rings is 1. The molecular formula is C24H25FN4O. The second-order valence-corrected chi connectivity index (χ2v) is 8.21. The first-order chi connectivity index (χ1) is 14.7. The third-order valence-electron chi connectivity index (χ3n) is 6.25. The van der Waals surface area contributed by atoms with E-state index < -0.39 is 0 Å². The zero-order valence-corrected chi connectivity index (χ0v) is 16.9. The summed E-state index contributed by atoms with van der Waals surface area (Å²) in [4.78, 5) is 6.51. The van der Waals surface area contributed by atoms with Gasteiger partial charge in [-0.15, -0.1) is 0 Å². The molecule has 2 aromatic carbocycles. The molecule has 1 aliphatic carbocycles. The molecule has 1 saturated heterocycles. The van der Waals surface area contributed by atoms with E-state index >= 15 is 0 Å². The lowest BCUT2D eigenvalue weighted by atomic mass is 9.90. The Balaban J connectivity index is 1.39. The summed E-state index contributed by atoms with van der Waals surface area (Å²) in [6, 6.07) is 16.9. The van der Waals surface area contributed by atoms with E-state index in [0.29, 0.717) is 17.4 Å². The van der Waals surface area contributed by atoms with Crippen molar-refractivity contribution in [2.24, 2.45) is 10.7 Å². The van der Waals surface area contributed by atoms with Gasteiger partial charge in [0.1, 0.15) is 5.82 Å². The quantitative estimate of drug-likeness (QED) is 0.491. The Morgan fingerprint density at radius 2 is 1.80 bits per heavy atom. The summed E-state index contributed by atoms with van der Waals surface area (Å²) in [5.74, 6) is 0.655. The van der Waals surface area contributed by atoms with Crippen molar-refractivity contribution in [1.82, 2.24) is 10.1 Å². The number of guanidine groups is 1. The molecule has 2 N–H and O–H groups in total. The molecule has 1 aliphatic heterocycles. The van der Waals surface area contributed by atoms with Crippen LogP contribution in [0.3, 0.4) is 0 Å². The lowest BCUT2D eigenvalue weighted by Crippen LogP contribution is -2.40. The number of aromatic nitrogens is 1. The number of rotatable bonds is 4. The topological polar surface area (TPSA) is 67.6 Å². The molecule has 2 aliphatic rings. The first-order valence-corrected chi connectivity index (χ1v) is 10.6. The Kier molecular flexibility index (Phi) is 4.77. The minimum atomic E-state index is -0.298. The van der Waals surface area contributed by atoms with Gasteiger partial charge in [0.2, 0.25) is 0 Å². The van der Waals surface area contributed by atoms with Gasteiger partial charge < -0.3 is 15.2 Å². The molecule has 0 unspecified atom stereocenters. The molecule has 0 radical (unpaired) electrons. The van der Waals surface area contributed by atoms with Crippen LogP contribution in [0.25, 0.3) is 11.1 Å². The predicted octanol–water partition coefficient (Wildman–Crippen LogP) is 4.99. The summed E-state index contributed by atoms with van der Waals surface area (Å²) in [5, 5.41) is 4.26. The van der Waals surface area contributed by atoms with E-state index in [1.54, 1.807) is 6.07 Å². The highest BCUT2D eigenvalue weighted by Crippen LogP contribution is 2.54. The van der Waals surface area contributed by atoms with Gasteiger partial charge in [0.15, 0.2) is 5.96 Å². The highest BCUT2D eigenvalue weighted by molar-refractivity contribution is 5.80. The average molecular weight is 404 g/mol. The monoisotopic (exact) mass is 404 g/mol. The standard InChI is InChI=1S/C24H25FN4O/c25-20-15-18(9-10-19(20)17-7-3-1-4-8-17)24(11-12-24)21-16-22(30-28-21)27-23(26)29-13-5-2-6-14-29/h1,3-4,7-10,15-16H,2,5-6,11-14H2,(H2,26,27). The Hall–Kier alpha value is -3.15. The first kappa shape index (κ1) is 18.9. The van der Waals surface area contributed by atoms with Crippen LogP contribution in [0.4, 0.5) is 10.3 Å². The summed E-state index contributed by atoms with van der Waals surface area (Å²) in [7, 11) is 0. The summed E-state index contributed by atoms with van der Waals surface area (Å²) >= 11 is 0. The predicted molar refractivity (Wildman–Crippen MR) is 115 cm³/mol. The third-order valence-corrected chi connectivity index (χ3v) is 6.25. The van der Waals surface area contributed by atoms with E-state index in [1.165, 1.54) is 6.42 Å². The third kappa shape index (κ3) is 3.47. The molecule has 0 atom stereocenters. The van der Waals surface area contributed by atoms with Gasteiger partial charge in [-0.3, -0.25) is 0 Å². The molecule has 6 heteroatoms. The van der Waals surface area contributed by atoms with E-state index in [0.717, 1.165) is 55.6 Å². The Morgan fingerprint density at radius 3 is 2.50 bits per heavy atom. The SMILES string of the molecule is NC(=Nc1cc(C2(c3ccc(-c4ccccc4)c(F)c3)CC2)no1)N1CCCCC1. The van der Waals surface area contributed by atoms with Crippen molar-refractivity contribution in [3.05, 3.63) is 71.7 Å². The van der Waals surface area contributed by atoms with Gasteiger partial charge in [0.25, 0.3) is 5.88 Å². The van der Waals surface area contributed by atoms with Gasteiger partial charge in [0.05, 0.1) is 5.69 Å². The van der Waals surface area contributed by atoms with Crippen LogP contribution >= 0.6 is 0 Å². The molecule has 5 nitrogen and oxygen atoms in total. The fourth-order valence-corrected chi connectivity index (χ4v) is 4.33. The van der Waals surface area contributed by atoms with Crippen molar-refractivity contribution >= 4 is 11.8 Å². The van der Waals surface area contributed by atoms with Crippen molar-refractivity contribution in [2.75, 3.05) is 13.1 Å². The maximum Gasteiger partial charge on any atom is 0.253 e. The van der Waals surface area contributed by atoms with Gasteiger partial charge in [-0.05, 0) is 49.3 Å². The molecule has 2 fully saturated rings. The molecular weight excluding hydrogens is 379 g/mol. The van der Waals surface area contributed by atoms with Crippen LogP contribution in [0.15, 0.2) is 64.1 Å². The van der Waals surface area contributed by atoms with Crippen molar-refractivity contribution in [3.63, 3.8) is 0 Å². The number of benzene rings is 2. The lowest BCUT2D eigenvalue weighted by molar-refractivity contribution is 0.337. The number of likely N-dealkylation sites (tertiary alicyclic amines) is 1. The molecule has 1 saturated carbocycles. The summed E-state index contributed by atoms with van der Waals surface area (Å²) in [5.41, 5.74) is 9.05. The van der Waals surface area contributed by atoms with Crippen LogP contribution in [0.1, 0.15) is 43.4 Å². The van der Waals surface area contributed by atoms with Crippen LogP contribution in [0.5, 0.6) is 0 Å². The number of nitrogens with two attached hydrogens (primary N) is 1. The number of aliphatic imine (C=N–C) groups is 1. The molecule has 154 valence electrons. The Bertz CT molecular complexity index is 1070. The molecule has 3 aromatic rings. The summed E-state index contributed by atoms with van der Waals surface area (Å²) in [6.45, 7) is 1.85. The molecule has 1 aromatic heterocycles. The second-order valence-electron chi connectivity index (χ2n) is 8.21. The zero-order chi connectivity index (χ0) is 20.6. The maximum absolute atomic E-state index is 14.9. The normalized spacial score (nSPS) is 18.4. The molecule has 0 bridgehead atoms. The fraction of sp³-hybridized carbons (Fsp3) is 0.333. The Morgan fingerprint density at radius 1 is 1.03 bits per heavy atom. The van der Waals surface area contributed by atoms with E-state index in [4.69, 9.17) is 10.3 Å². The molecule has 5 rings (SSSR count). The van der Waals surface area contributed by atoms with Gasteiger partial charge >= 0.3 is 0 Å². The minimum Gasteiger partial charge on any atom is -0.369 e. The highest BCUT2D eigenvalue weighted by Gasteiger charge is 2.48. The highest BCUT2D eigenvalue weighted by atomic mass is 19.1. The van der Waals surface area contributed by atoms with Gasteiger partial charge in [-0.25, -0.2) is 4.39 Å². The summed E-state index contributed by atoms with van der Waals surface area (Å²) < 4.78 is 20.4. The van der Waals surface area contributed by atoms with Gasteiger partial charge in [0, 0.05) is 30.1 Å².